The van der Waals surface area contributed by atoms with Gasteiger partial charge in [0.05, 0.1) is 12.7 Å². The van der Waals surface area contributed by atoms with Gasteiger partial charge in [0.2, 0.25) is 0 Å². The van der Waals surface area contributed by atoms with Gasteiger partial charge >= 0.3 is 0 Å². The largest absolute Gasteiger partial charge is 0.481 e. The zero-order valence-corrected chi connectivity index (χ0v) is 6.24. The molecule has 0 rings (SSSR count). The average molecular weight is 150 g/mol. The predicted octanol–water partition coefficient (Wildman–Crippen LogP) is -0.160. The van der Waals surface area contributed by atoms with E-state index in [2.05, 4.69) is 0 Å². The maximum atomic E-state index is 9.00. The lowest BCUT2D eigenvalue weighted by molar-refractivity contribution is -0.134. The van der Waals surface area contributed by atoms with Gasteiger partial charge in [-0.2, -0.15) is 0 Å². The highest BCUT2D eigenvalue weighted by atomic mass is 16.4. The van der Waals surface area contributed by atoms with E-state index in [9.17, 15) is 0 Å². The van der Waals surface area contributed by atoms with E-state index in [1.54, 1.807) is 0 Å². The first-order valence-corrected chi connectivity index (χ1v) is 3.03. The highest BCUT2D eigenvalue weighted by Crippen LogP contribution is 1.83. The summed E-state index contributed by atoms with van der Waals surface area (Å²) in [6.45, 7) is 2.79. The normalized spacial score (nSPS) is 11.2. The van der Waals surface area contributed by atoms with Gasteiger partial charge < -0.3 is 15.3 Å². The van der Waals surface area contributed by atoms with E-state index in [0.29, 0.717) is 6.42 Å². The minimum atomic E-state index is -0.833. The first-order valence-electron chi connectivity index (χ1n) is 3.03. The molecule has 0 saturated carbocycles. The Labute approximate surface area is 60.1 Å². The molecule has 4 heteroatoms. The van der Waals surface area contributed by atoms with Crippen molar-refractivity contribution in [3.8, 4) is 0 Å². The quantitative estimate of drug-likeness (QED) is 0.511. The molecule has 4 nitrogen and oxygen atoms in total. The van der Waals surface area contributed by atoms with E-state index < -0.39 is 12.1 Å². The van der Waals surface area contributed by atoms with E-state index in [1.165, 1.54) is 0 Å². The number of carboxylic acid groups (broad SMARTS) is 1. The fourth-order valence-electron chi connectivity index (χ4n) is 0.129. The van der Waals surface area contributed by atoms with Gasteiger partial charge in [-0.05, 0) is 6.42 Å². The number of carboxylic acids is 1. The predicted molar refractivity (Wildman–Crippen MR) is 36.7 cm³/mol. The second-order valence-corrected chi connectivity index (χ2v) is 1.76. The number of aliphatic carboxylic acids is 1. The summed E-state index contributed by atoms with van der Waals surface area (Å²) in [6.07, 6.45) is 0.126. The van der Waals surface area contributed by atoms with Crippen LogP contribution in [0.4, 0.5) is 0 Å². The summed E-state index contributed by atoms with van der Waals surface area (Å²) in [5, 5.41) is 23.9. The molecule has 1 atom stereocenters. The van der Waals surface area contributed by atoms with Gasteiger partial charge in [-0.1, -0.05) is 6.92 Å². The van der Waals surface area contributed by atoms with Crippen LogP contribution >= 0.6 is 0 Å². The van der Waals surface area contributed by atoms with Crippen molar-refractivity contribution in [2.45, 2.75) is 26.4 Å². The Hall–Kier alpha value is -0.610. The lowest BCUT2D eigenvalue weighted by Crippen LogP contribution is -2.08. The summed E-state index contributed by atoms with van der Waals surface area (Å²) in [4.78, 5) is 9.00. The van der Waals surface area contributed by atoms with Crippen molar-refractivity contribution >= 4 is 5.97 Å². The minimum Gasteiger partial charge on any atom is -0.481 e. The van der Waals surface area contributed by atoms with Crippen molar-refractivity contribution in [1.29, 1.82) is 0 Å². The summed E-state index contributed by atoms with van der Waals surface area (Å²) in [5.74, 6) is -0.833. The Morgan fingerprint density at radius 3 is 1.90 bits per heavy atom. The van der Waals surface area contributed by atoms with E-state index in [-0.39, 0.29) is 6.61 Å². The molecule has 0 aliphatic rings. The summed E-state index contributed by atoms with van der Waals surface area (Å²) >= 11 is 0. The van der Waals surface area contributed by atoms with Crippen molar-refractivity contribution < 1.29 is 20.1 Å². The van der Waals surface area contributed by atoms with E-state index in [1.807, 2.05) is 6.92 Å². The van der Waals surface area contributed by atoms with Gasteiger partial charge in [-0.3, -0.25) is 4.79 Å². The van der Waals surface area contributed by atoms with Crippen molar-refractivity contribution in [3.63, 3.8) is 0 Å². The van der Waals surface area contributed by atoms with Gasteiger partial charge in [0.25, 0.3) is 5.97 Å². The Kier molecular flexibility index (Phi) is 10.2. The van der Waals surface area contributed by atoms with Gasteiger partial charge in [0.1, 0.15) is 0 Å². The number of aliphatic hydroxyl groups excluding tert-OH is 2. The number of hydrogen-bond donors (Lipinski definition) is 3. The summed E-state index contributed by atoms with van der Waals surface area (Å²) in [7, 11) is 0. The second-order valence-electron chi connectivity index (χ2n) is 1.76. The maximum Gasteiger partial charge on any atom is 0.300 e. The second kappa shape index (κ2) is 8.39. The molecule has 0 amide bonds. The van der Waals surface area contributed by atoms with Gasteiger partial charge in [0, 0.05) is 6.92 Å². The standard InChI is InChI=1S/C4H10O2.C2H4O2/c1-2-4(6)3-5;1-2(3)4/h4-6H,2-3H2,1H3;1H3,(H,3,4). The molecule has 3 N–H and O–H groups in total. The van der Waals surface area contributed by atoms with Gasteiger partial charge in [0.15, 0.2) is 0 Å². The van der Waals surface area contributed by atoms with Crippen LogP contribution in [-0.2, 0) is 4.79 Å². The molecular weight excluding hydrogens is 136 g/mol. The van der Waals surface area contributed by atoms with Crippen LogP contribution in [0.5, 0.6) is 0 Å². The SMILES string of the molecule is CC(=O)O.CCC(O)CO. The van der Waals surface area contributed by atoms with Gasteiger partial charge in [-0.15, -0.1) is 0 Å². The molecule has 10 heavy (non-hydrogen) atoms. The van der Waals surface area contributed by atoms with Crippen molar-refractivity contribution in [2.24, 2.45) is 0 Å². The number of aliphatic hydroxyl groups is 2. The van der Waals surface area contributed by atoms with Crippen LogP contribution in [-0.4, -0.2) is 34.0 Å². The molecule has 0 heterocycles. The molecule has 1 unspecified atom stereocenters. The molecule has 0 radical (unpaired) electrons. The Bertz CT molecular complexity index is 73.8. The molecule has 0 aromatic rings. The molecule has 0 spiro atoms. The zero-order chi connectivity index (χ0) is 8.57. The first-order chi connectivity index (χ1) is 4.54. The fourth-order valence-corrected chi connectivity index (χ4v) is 0.129. The van der Waals surface area contributed by atoms with E-state index in [4.69, 9.17) is 20.1 Å². The molecule has 62 valence electrons. The highest BCUT2D eigenvalue weighted by Gasteiger charge is 1.92. The molecular formula is C6H14O4. The van der Waals surface area contributed by atoms with Crippen LogP contribution in [0.15, 0.2) is 0 Å². The topological polar surface area (TPSA) is 77.8 Å². The molecule has 0 saturated heterocycles. The zero-order valence-electron chi connectivity index (χ0n) is 6.24. The lowest BCUT2D eigenvalue weighted by atomic mass is 10.3. The third-order valence-electron chi connectivity index (χ3n) is 0.682. The van der Waals surface area contributed by atoms with E-state index in [0.717, 1.165) is 6.92 Å². The fraction of sp³-hybridized carbons (Fsp3) is 0.833. The molecule has 0 aromatic carbocycles. The summed E-state index contributed by atoms with van der Waals surface area (Å²) < 4.78 is 0. The van der Waals surface area contributed by atoms with Crippen molar-refractivity contribution in [2.75, 3.05) is 6.61 Å². The monoisotopic (exact) mass is 150 g/mol. The van der Waals surface area contributed by atoms with Crippen molar-refractivity contribution in [3.05, 3.63) is 0 Å². The summed E-state index contributed by atoms with van der Waals surface area (Å²) in [5.41, 5.74) is 0. The lowest BCUT2D eigenvalue weighted by Gasteiger charge is -1.97. The summed E-state index contributed by atoms with van der Waals surface area (Å²) in [6, 6.07) is 0. The van der Waals surface area contributed by atoms with Crippen LogP contribution in [0.3, 0.4) is 0 Å². The third kappa shape index (κ3) is 26.3. The number of hydrogen-bond acceptors (Lipinski definition) is 3. The Balaban J connectivity index is 0. The molecule has 0 aliphatic carbocycles. The van der Waals surface area contributed by atoms with Crippen LogP contribution in [0.2, 0.25) is 0 Å². The highest BCUT2D eigenvalue weighted by molar-refractivity contribution is 5.62. The van der Waals surface area contributed by atoms with Crippen LogP contribution in [0.1, 0.15) is 20.3 Å². The minimum absolute atomic E-state index is 0.115. The Morgan fingerprint density at radius 1 is 1.60 bits per heavy atom. The molecule has 0 bridgehead atoms. The average Bonchev–Trinajstić information content (AvgIpc) is 1.85. The Morgan fingerprint density at radius 2 is 1.90 bits per heavy atom. The van der Waals surface area contributed by atoms with E-state index >= 15 is 0 Å². The maximum absolute atomic E-state index is 9.00. The van der Waals surface area contributed by atoms with Crippen LogP contribution < -0.4 is 0 Å². The number of carbonyl (C=O) groups is 1. The van der Waals surface area contributed by atoms with Gasteiger partial charge in [-0.25, -0.2) is 0 Å². The smallest absolute Gasteiger partial charge is 0.300 e. The number of rotatable bonds is 2. The molecule has 0 aliphatic heterocycles. The molecule has 0 aromatic heterocycles. The third-order valence-corrected chi connectivity index (χ3v) is 0.682. The van der Waals surface area contributed by atoms with Crippen LogP contribution in [0.25, 0.3) is 0 Å². The van der Waals surface area contributed by atoms with Crippen LogP contribution in [0, 0.1) is 0 Å². The molecule has 0 fully saturated rings. The first kappa shape index (κ1) is 12.1. The van der Waals surface area contributed by atoms with Crippen molar-refractivity contribution in [1.82, 2.24) is 0 Å².